The van der Waals surface area contributed by atoms with Crippen molar-refractivity contribution >= 4 is 40.2 Å². The predicted octanol–water partition coefficient (Wildman–Crippen LogP) is 3.92. The van der Waals surface area contributed by atoms with Gasteiger partial charge in [0, 0.05) is 17.0 Å². The van der Waals surface area contributed by atoms with Crippen molar-refractivity contribution in [2.75, 3.05) is 5.32 Å². The summed E-state index contributed by atoms with van der Waals surface area (Å²) in [5, 5.41) is 10.4. The zero-order valence-electron chi connectivity index (χ0n) is 12.7. The Balaban J connectivity index is 1.94. The van der Waals surface area contributed by atoms with Gasteiger partial charge in [0.1, 0.15) is 4.99 Å². The summed E-state index contributed by atoms with van der Waals surface area (Å²) in [5.74, 6) is 0. The number of thiocarbonyl (C=S) groups is 2. The Bertz CT molecular complexity index is 754. The van der Waals surface area contributed by atoms with E-state index in [0.29, 0.717) is 10.1 Å². The Morgan fingerprint density at radius 1 is 1.00 bits per heavy atom. The van der Waals surface area contributed by atoms with Gasteiger partial charge in [-0.2, -0.15) is 0 Å². The van der Waals surface area contributed by atoms with Gasteiger partial charge in [-0.25, -0.2) is 0 Å². The third kappa shape index (κ3) is 3.57. The maximum Gasteiger partial charge on any atom is 0.171 e. The van der Waals surface area contributed by atoms with Crippen LogP contribution in [0.1, 0.15) is 18.5 Å². The zero-order valence-corrected chi connectivity index (χ0v) is 14.3. The lowest BCUT2D eigenvalue weighted by atomic mass is 9.95. The van der Waals surface area contributed by atoms with Crippen molar-refractivity contribution in [1.82, 2.24) is 10.6 Å². The number of rotatable bonds is 3. The van der Waals surface area contributed by atoms with Crippen LogP contribution in [-0.2, 0) is 0 Å². The molecule has 0 aromatic heterocycles. The Kier molecular flexibility index (Phi) is 4.69. The first-order valence-electron chi connectivity index (χ1n) is 7.35. The molecule has 0 aliphatic carbocycles. The van der Waals surface area contributed by atoms with Crippen molar-refractivity contribution < 1.29 is 0 Å². The summed E-state index contributed by atoms with van der Waals surface area (Å²) in [6.45, 7) is 2.00. The molecule has 2 aromatic carbocycles. The van der Waals surface area contributed by atoms with Crippen molar-refractivity contribution in [2.45, 2.75) is 13.0 Å². The molecule has 3 nitrogen and oxygen atoms in total. The summed E-state index contributed by atoms with van der Waals surface area (Å²) in [4.78, 5) is 0.685. The van der Waals surface area contributed by atoms with E-state index in [1.165, 1.54) is 0 Å². The van der Waals surface area contributed by atoms with Crippen molar-refractivity contribution in [3.05, 3.63) is 77.5 Å². The summed E-state index contributed by atoms with van der Waals surface area (Å²) in [7, 11) is 0. The first kappa shape index (κ1) is 15.6. The van der Waals surface area contributed by atoms with Crippen LogP contribution in [0.3, 0.4) is 0 Å². The Morgan fingerprint density at radius 2 is 1.61 bits per heavy atom. The standard InChI is InChI=1S/C18H17N3S2/c1-12-15(17(22)20-14-10-6-3-7-11-14)16(21-18(23)19-12)13-8-4-2-5-9-13/h2-11,16H,1H3,(H,20,22)(H2,19,21,23)/t16-/m1/s1. The Morgan fingerprint density at radius 3 is 2.26 bits per heavy atom. The van der Waals surface area contributed by atoms with E-state index in [0.717, 1.165) is 22.5 Å². The molecule has 1 heterocycles. The van der Waals surface area contributed by atoms with Crippen LogP contribution in [-0.4, -0.2) is 10.1 Å². The van der Waals surface area contributed by atoms with Crippen LogP contribution in [0.15, 0.2) is 71.9 Å². The molecule has 0 saturated carbocycles. The molecule has 1 aliphatic rings. The fourth-order valence-electron chi connectivity index (χ4n) is 2.61. The number of hydrogen-bond donors (Lipinski definition) is 3. The summed E-state index contributed by atoms with van der Waals surface area (Å²) >= 11 is 11.0. The van der Waals surface area contributed by atoms with E-state index in [9.17, 15) is 0 Å². The maximum absolute atomic E-state index is 5.66. The minimum Gasteiger partial charge on any atom is -0.351 e. The smallest absolute Gasteiger partial charge is 0.171 e. The van der Waals surface area contributed by atoms with Crippen LogP contribution < -0.4 is 16.0 Å². The van der Waals surface area contributed by atoms with Crippen LogP contribution >= 0.6 is 24.4 Å². The summed E-state index contributed by atoms with van der Waals surface area (Å²) in [6.07, 6.45) is 0. The van der Waals surface area contributed by atoms with Gasteiger partial charge < -0.3 is 16.0 Å². The van der Waals surface area contributed by atoms with Gasteiger partial charge in [0.05, 0.1) is 6.04 Å². The third-order valence-corrected chi connectivity index (χ3v) is 4.22. The summed E-state index contributed by atoms with van der Waals surface area (Å²) in [6, 6.07) is 20.0. The van der Waals surface area contributed by atoms with Crippen molar-refractivity contribution in [1.29, 1.82) is 0 Å². The van der Waals surface area contributed by atoms with Crippen molar-refractivity contribution in [3.63, 3.8) is 0 Å². The number of benzene rings is 2. The first-order chi connectivity index (χ1) is 11.1. The number of para-hydroxylation sites is 1. The topological polar surface area (TPSA) is 36.1 Å². The highest BCUT2D eigenvalue weighted by atomic mass is 32.1. The molecule has 0 saturated heterocycles. The normalized spacial score (nSPS) is 17.3. The molecule has 0 radical (unpaired) electrons. The lowest BCUT2D eigenvalue weighted by molar-refractivity contribution is 0.717. The largest absolute Gasteiger partial charge is 0.351 e. The predicted molar refractivity (Wildman–Crippen MR) is 103 cm³/mol. The highest BCUT2D eigenvalue weighted by molar-refractivity contribution is 7.81. The van der Waals surface area contributed by atoms with E-state index in [2.05, 4.69) is 28.1 Å². The van der Waals surface area contributed by atoms with Gasteiger partial charge in [-0.1, -0.05) is 60.7 Å². The molecule has 0 spiro atoms. The fourth-order valence-corrected chi connectivity index (χ4v) is 3.27. The molecule has 3 N–H and O–H groups in total. The molecule has 1 atom stereocenters. The van der Waals surface area contributed by atoms with Crippen LogP contribution in [0.5, 0.6) is 0 Å². The third-order valence-electron chi connectivity index (χ3n) is 3.68. The maximum atomic E-state index is 5.66. The van der Waals surface area contributed by atoms with Gasteiger partial charge in [0.15, 0.2) is 5.11 Å². The minimum absolute atomic E-state index is 0.0614. The summed E-state index contributed by atoms with van der Waals surface area (Å²) < 4.78 is 0. The molecule has 3 rings (SSSR count). The molecule has 5 heteroatoms. The highest BCUT2D eigenvalue weighted by Crippen LogP contribution is 2.28. The SMILES string of the molecule is CC1=C(C(=S)Nc2ccccc2)[C@@H](c2ccccc2)NC(=S)N1. The molecule has 0 fully saturated rings. The quantitative estimate of drug-likeness (QED) is 0.739. The second-order valence-corrected chi connectivity index (χ2v) is 6.12. The van der Waals surface area contributed by atoms with E-state index >= 15 is 0 Å². The van der Waals surface area contributed by atoms with Gasteiger partial charge >= 0.3 is 0 Å². The fraction of sp³-hybridized carbons (Fsp3) is 0.111. The van der Waals surface area contributed by atoms with Gasteiger partial charge in [0.25, 0.3) is 0 Å². The highest BCUT2D eigenvalue weighted by Gasteiger charge is 2.27. The van der Waals surface area contributed by atoms with E-state index < -0.39 is 0 Å². The second-order valence-electron chi connectivity index (χ2n) is 5.30. The molecule has 0 unspecified atom stereocenters. The lowest BCUT2D eigenvalue weighted by Crippen LogP contribution is -2.45. The first-order valence-corrected chi connectivity index (χ1v) is 8.16. The minimum atomic E-state index is -0.0614. The van der Waals surface area contributed by atoms with Gasteiger partial charge in [-0.05, 0) is 36.8 Å². The molecule has 116 valence electrons. The number of hydrogen-bond acceptors (Lipinski definition) is 2. The van der Waals surface area contributed by atoms with Gasteiger partial charge in [0.2, 0.25) is 0 Å². The zero-order chi connectivity index (χ0) is 16.2. The Hall–Kier alpha value is -2.24. The van der Waals surface area contributed by atoms with E-state index in [1.54, 1.807) is 0 Å². The molecule has 0 bridgehead atoms. The van der Waals surface area contributed by atoms with E-state index in [-0.39, 0.29) is 6.04 Å². The second kappa shape index (κ2) is 6.89. The monoisotopic (exact) mass is 339 g/mol. The summed E-state index contributed by atoms with van der Waals surface area (Å²) in [5.41, 5.74) is 4.07. The van der Waals surface area contributed by atoms with E-state index in [4.69, 9.17) is 24.4 Å². The lowest BCUT2D eigenvalue weighted by Gasteiger charge is -2.31. The van der Waals surface area contributed by atoms with Crippen molar-refractivity contribution in [2.24, 2.45) is 0 Å². The molecule has 0 amide bonds. The van der Waals surface area contributed by atoms with E-state index in [1.807, 2.05) is 55.5 Å². The van der Waals surface area contributed by atoms with Gasteiger partial charge in [-0.3, -0.25) is 0 Å². The average Bonchev–Trinajstić information content (AvgIpc) is 2.55. The number of nitrogens with one attached hydrogen (secondary N) is 3. The van der Waals surface area contributed by atoms with Crippen LogP contribution in [0.2, 0.25) is 0 Å². The Labute approximate surface area is 146 Å². The van der Waals surface area contributed by atoms with Gasteiger partial charge in [-0.15, -0.1) is 0 Å². The van der Waals surface area contributed by atoms with Crippen LogP contribution in [0, 0.1) is 0 Å². The average molecular weight is 339 g/mol. The molecule has 1 aliphatic heterocycles. The van der Waals surface area contributed by atoms with Crippen molar-refractivity contribution in [3.8, 4) is 0 Å². The molecular weight excluding hydrogens is 322 g/mol. The number of allylic oxidation sites excluding steroid dienone is 1. The molecule has 23 heavy (non-hydrogen) atoms. The number of anilines is 1. The van der Waals surface area contributed by atoms with Crippen LogP contribution in [0.4, 0.5) is 5.69 Å². The molecular formula is C18H17N3S2. The van der Waals surface area contributed by atoms with Crippen LogP contribution in [0.25, 0.3) is 0 Å². The molecule has 2 aromatic rings.